The van der Waals surface area contributed by atoms with Crippen molar-refractivity contribution in [1.82, 2.24) is 35.0 Å². The van der Waals surface area contributed by atoms with Gasteiger partial charge in [0.05, 0.1) is 24.5 Å². The zero-order chi connectivity index (χ0) is 25.8. The predicted molar refractivity (Wildman–Crippen MR) is 127 cm³/mol. The summed E-state index contributed by atoms with van der Waals surface area (Å²) in [5.74, 6) is -1.76. The smallest absolute Gasteiger partial charge is 0.329 e. The van der Waals surface area contributed by atoms with Crippen LogP contribution in [0.25, 0.3) is 0 Å². The molecule has 3 aromatic heterocycles. The second kappa shape index (κ2) is 10.4. The molecule has 36 heavy (non-hydrogen) atoms. The van der Waals surface area contributed by atoms with Crippen molar-refractivity contribution in [2.45, 2.75) is 46.2 Å². The third-order valence-electron chi connectivity index (χ3n) is 5.63. The monoisotopic (exact) mass is 493 g/mol. The van der Waals surface area contributed by atoms with E-state index in [1.807, 2.05) is 31.2 Å². The molecule has 1 atom stereocenters. The topological polar surface area (TPSA) is 172 Å². The number of aromatic hydroxyl groups is 1. The van der Waals surface area contributed by atoms with E-state index in [0.29, 0.717) is 12.1 Å². The van der Waals surface area contributed by atoms with Crippen LogP contribution in [-0.4, -0.2) is 52.6 Å². The third kappa shape index (κ3) is 5.59. The number of hydrogen-bond donors (Lipinski definition) is 4. The SMILES string of the molecule is Cc1cccc(Cc2nnc(C(=O)[C@@H](NC(=O)Cn3c(O)c(Cc4cnc[nH]4)[nH]c3=O)C(C)C)o2)c1. The summed E-state index contributed by atoms with van der Waals surface area (Å²) in [5.41, 5.74) is 2.32. The molecule has 0 saturated heterocycles. The Hall–Kier alpha value is -4.48. The summed E-state index contributed by atoms with van der Waals surface area (Å²) in [6, 6.07) is 6.84. The molecule has 0 unspecified atom stereocenters. The van der Waals surface area contributed by atoms with E-state index >= 15 is 0 Å². The normalized spacial score (nSPS) is 12.1. The summed E-state index contributed by atoms with van der Waals surface area (Å²) in [4.78, 5) is 47.4. The average molecular weight is 494 g/mol. The van der Waals surface area contributed by atoms with Crippen molar-refractivity contribution in [3.05, 3.63) is 81.6 Å². The molecule has 188 valence electrons. The van der Waals surface area contributed by atoms with Crippen molar-refractivity contribution in [3.63, 3.8) is 0 Å². The van der Waals surface area contributed by atoms with Crippen LogP contribution in [0.15, 0.2) is 46.0 Å². The number of carbonyl (C=O) groups excluding carboxylic acids is 2. The number of nitrogens with zero attached hydrogens (tertiary/aromatic N) is 4. The lowest BCUT2D eigenvalue weighted by Gasteiger charge is -2.19. The Morgan fingerprint density at radius 1 is 1.22 bits per heavy atom. The Bertz CT molecular complexity index is 1410. The van der Waals surface area contributed by atoms with Gasteiger partial charge in [0.2, 0.25) is 23.5 Å². The van der Waals surface area contributed by atoms with E-state index in [0.717, 1.165) is 15.7 Å². The van der Waals surface area contributed by atoms with Gasteiger partial charge in [-0.15, -0.1) is 10.2 Å². The molecule has 0 aliphatic carbocycles. The van der Waals surface area contributed by atoms with Crippen LogP contribution < -0.4 is 11.0 Å². The number of hydrogen-bond acceptors (Lipinski definition) is 8. The molecule has 3 heterocycles. The summed E-state index contributed by atoms with van der Waals surface area (Å²) in [5, 5.41) is 20.9. The van der Waals surface area contributed by atoms with E-state index in [2.05, 4.69) is 30.5 Å². The molecule has 1 amide bonds. The zero-order valence-electron chi connectivity index (χ0n) is 20.1. The largest absolute Gasteiger partial charge is 0.493 e. The predicted octanol–water partition coefficient (Wildman–Crippen LogP) is 1.50. The number of H-pyrrole nitrogens is 2. The quantitative estimate of drug-likeness (QED) is 0.241. The summed E-state index contributed by atoms with van der Waals surface area (Å²) in [7, 11) is 0. The summed E-state index contributed by atoms with van der Waals surface area (Å²) < 4.78 is 6.48. The van der Waals surface area contributed by atoms with Gasteiger partial charge in [0.25, 0.3) is 5.89 Å². The maximum atomic E-state index is 13.1. The number of aromatic amines is 2. The number of aryl methyl sites for hydroxylation is 1. The first kappa shape index (κ1) is 24.6. The highest BCUT2D eigenvalue weighted by atomic mass is 16.4. The minimum absolute atomic E-state index is 0.199. The van der Waals surface area contributed by atoms with Gasteiger partial charge in [-0.05, 0) is 18.4 Å². The minimum atomic E-state index is -0.967. The van der Waals surface area contributed by atoms with Crippen molar-refractivity contribution < 1.29 is 19.1 Å². The van der Waals surface area contributed by atoms with Crippen LogP contribution in [0, 0.1) is 12.8 Å². The highest BCUT2D eigenvalue weighted by Gasteiger charge is 2.30. The van der Waals surface area contributed by atoms with Gasteiger partial charge in [-0.1, -0.05) is 43.7 Å². The molecule has 0 bridgehead atoms. The van der Waals surface area contributed by atoms with E-state index in [1.54, 1.807) is 20.0 Å². The van der Waals surface area contributed by atoms with E-state index in [1.165, 1.54) is 6.33 Å². The lowest BCUT2D eigenvalue weighted by molar-refractivity contribution is -0.122. The Labute approximate surface area is 205 Å². The zero-order valence-corrected chi connectivity index (χ0v) is 20.1. The van der Waals surface area contributed by atoms with Crippen LogP contribution in [0.1, 0.15) is 52.9 Å². The second-order valence-electron chi connectivity index (χ2n) is 8.89. The van der Waals surface area contributed by atoms with Crippen LogP contribution in [-0.2, 0) is 24.2 Å². The summed E-state index contributed by atoms with van der Waals surface area (Å²) in [6.45, 7) is 5.01. The fourth-order valence-electron chi connectivity index (χ4n) is 3.81. The molecule has 4 N–H and O–H groups in total. The van der Waals surface area contributed by atoms with Gasteiger partial charge in [0.15, 0.2) is 0 Å². The Kier molecular flexibility index (Phi) is 7.13. The van der Waals surface area contributed by atoms with E-state index in [4.69, 9.17) is 4.42 Å². The van der Waals surface area contributed by atoms with Crippen LogP contribution in [0.4, 0.5) is 0 Å². The van der Waals surface area contributed by atoms with Crippen molar-refractivity contribution >= 4 is 11.7 Å². The average Bonchev–Trinajstić information content (AvgIpc) is 3.56. The molecule has 12 heteroatoms. The molecule has 4 aromatic rings. The van der Waals surface area contributed by atoms with Crippen molar-refractivity contribution in [2.75, 3.05) is 0 Å². The lowest BCUT2D eigenvalue weighted by Crippen LogP contribution is -2.46. The number of imidazole rings is 2. The number of amides is 1. The first-order valence-electron chi connectivity index (χ1n) is 11.4. The number of Topliss-reactive ketones (excluding diaryl/α,β-unsaturated/α-hetero) is 1. The lowest BCUT2D eigenvalue weighted by atomic mass is 9.99. The van der Waals surface area contributed by atoms with Gasteiger partial charge >= 0.3 is 5.69 Å². The highest BCUT2D eigenvalue weighted by Crippen LogP contribution is 2.17. The molecule has 1 aromatic carbocycles. The molecule has 4 rings (SSSR count). The molecular formula is C24H27N7O5. The van der Waals surface area contributed by atoms with Crippen molar-refractivity contribution in [2.24, 2.45) is 5.92 Å². The standard InChI is InChI=1S/C24H27N7O5/c1-13(2)20(21(33)22-30-29-19(36-22)8-15-6-4-5-14(3)7-15)28-18(32)11-31-23(34)17(27-24(31)35)9-16-10-25-12-26-16/h4-7,10,12-13,20,34H,8-9,11H2,1-3H3,(H,25,26)(H,27,35)(H,28,32)/t20-/m0/s1. The van der Waals surface area contributed by atoms with Crippen LogP contribution in [0.2, 0.25) is 0 Å². The first-order chi connectivity index (χ1) is 17.2. The fourth-order valence-corrected chi connectivity index (χ4v) is 3.81. The Morgan fingerprint density at radius 3 is 2.72 bits per heavy atom. The molecule has 0 aliphatic heterocycles. The third-order valence-corrected chi connectivity index (χ3v) is 5.63. The van der Waals surface area contributed by atoms with Gasteiger partial charge < -0.3 is 24.8 Å². The van der Waals surface area contributed by atoms with Crippen LogP contribution in [0.5, 0.6) is 5.88 Å². The maximum absolute atomic E-state index is 13.1. The first-order valence-corrected chi connectivity index (χ1v) is 11.4. The summed E-state index contributed by atoms with van der Waals surface area (Å²) >= 11 is 0. The highest BCUT2D eigenvalue weighted by molar-refractivity contribution is 5.98. The Morgan fingerprint density at radius 2 is 2.03 bits per heavy atom. The molecule has 12 nitrogen and oxygen atoms in total. The molecule has 0 aliphatic rings. The van der Waals surface area contributed by atoms with Gasteiger partial charge in [-0.2, -0.15) is 0 Å². The summed E-state index contributed by atoms with van der Waals surface area (Å²) in [6.07, 6.45) is 3.61. The van der Waals surface area contributed by atoms with Crippen LogP contribution >= 0.6 is 0 Å². The fraction of sp³-hybridized carbons (Fsp3) is 0.333. The molecule has 0 spiro atoms. The number of nitrogens with one attached hydrogen (secondary N) is 3. The van der Waals surface area contributed by atoms with Gasteiger partial charge in [-0.3, -0.25) is 14.2 Å². The van der Waals surface area contributed by atoms with Crippen molar-refractivity contribution in [1.29, 1.82) is 0 Å². The minimum Gasteiger partial charge on any atom is -0.493 e. The number of benzene rings is 1. The van der Waals surface area contributed by atoms with Crippen LogP contribution in [0.3, 0.4) is 0 Å². The van der Waals surface area contributed by atoms with E-state index < -0.39 is 30.0 Å². The van der Waals surface area contributed by atoms with E-state index in [-0.39, 0.29) is 35.7 Å². The number of aromatic nitrogens is 6. The van der Waals surface area contributed by atoms with Gasteiger partial charge in [0, 0.05) is 18.3 Å². The Balaban J connectivity index is 1.43. The van der Waals surface area contributed by atoms with E-state index in [9.17, 15) is 19.5 Å². The molecule has 0 radical (unpaired) electrons. The molecule has 0 saturated carbocycles. The number of carbonyl (C=O) groups is 2. The van der Waals surface area contributed by atoms with Crippen molar-refractivity contribution in [3.8, 4) is 5.88 Å². The number of ketones is 1. The molecule has 0 fully saturated rings. The van der Waals surface area contributed by atoms with Gasteiger partial charge in [-0.25, -0.2) is 9.78 Å². The van der Waals surface area contributed by atoms with Gasteiger partial charge in [0.1, 0.15) is 6.54 Å². The second-order valence-corrected chi connectivity index (χ2v) is 8.89. The number of rotatable bonds is 10. The molecular weight excluding hydrogens is 466 g/mol. The maximum Gasteiger partial charge on any atom is 0.329 e.